The topological polar surface area (TPSA) is 64.3 Å². The van der Waals surface area contributed by atoms with Crippen LogP contribution in [-0.4, -0.2) is 12.5 Å². The summed E-state index contributed by atoms with van der Waals surface area (Å²) in [4.78, 5) is 12.3. The van der Waals surface area contributed by atoms with Crippen molar-refractivity contribution in [3.8, 4) is 5.75 Å². The Morgan fingerprint density at radius 2 is 1.95 bits per heavy atom. The van der Waals surface area contributed by atoms with Crippen LogP contribution in [-0.2, 0) is 0 Å². The van der Waals surface area contributed by atoms with Gasteiger partial charge in [-0.2, -0.15) is 0 Å². The number of benzene rings is 2. The number of ether oxygens (including phenoxy) is 1. The van der Waals surface area contributed by atoms with Crippen LogP contribution in [0.4, 0.5) is 11.4 Å². The monoisotopic (exact) mass is 382 g/mol. The Hall–Kier alpha value is -1.76. The zero-order valence-corrected chi connectivity index (χ0v) is 13.2. The second-order valence-electron chi connectivity index (χ2n) is 4.11. The van der Waals surface area contributed by atoms with Crippen LogP contribution in [0.5, 0.6) is 5.75 Å². The highest BCUT2D eigenvalue weighted by atomic mass is 127. The van der Waals surface area contributed by atoms with Crippen LogP contribution >= 0.6 is 22.6 Å². The third-order valence-electron chi connectivity index (χ3n) is 2.69. The molecule has 0 saturated carbocycles. The van der Waals surface area contributed by atoms with Gasteiger partial charge < -0.3 is 15.8 Å². The molecule has 0 aliphatic heterocycles. The number of nitrogens with one attached hydrogen (secondary N) is 1. The quantitative estimate of drug-likeness (QED) is 0.628. The van der Waals surface area contributed by atoms with E-state index in [-0.39, 0.29) is 5.91 Å². The fourth-order valence-corrected chi connectivity index (χ4v) is 2.15. The summed E-state index contributed by atoms with van der Waals surface area (Å²) in [5.41, 5.74) is 7.38. The third-order valence-corrected chi connectivity index (χ3v) is 3.41. The summed E-state index contributed by atoms with van der Waals surface area (Å²) in [5.74, 6) is 0.225. The van der Waals surface area contributed by atoms with Gasteiger partial charge in [0, 0.05) is 14.9 Å². The molecule has 0 spiro atoms. The summed E-state index contributed by atoms with van der Waals surface area (Å²) in [7, 11) is 0. The van der Waals surface area contributed by atoms with E-state index in [1.54, 1.807) is 18.2 Å². The summed E-state index contributed by atoms with van der Waals surface area (Å²) in [6.45, 7) is 2.34. The lowest BCUT2D eigenvalue weighted by Gasteiger charge is -2.12. The minimum atomic E-state index is -0.271. The van der Waals surface area contributed by atoms with Crippen molar-refractivity contribution in [1.29, 1.82) is 0 Å². The van der Waals surface area contributed by atoms with Crippen LogP contribution in [0.1, 0.15) is 17.3 Å². The maximum absolute atomic E-state index is 12.3. The van der Waals surface area contributed by atoms with Crippen LogP contribution in [0.2, 0.25) is 0 Å². The van der Waals surface area contributed by atoms with Crippen LogP contribution in [0.15, 0.2) is 42.5 Å². The molecular weight excluding hydrogens is 367 g/mol. The first-order valence-corrected chi connectivity index (χ1v) is 7.28. The normalized spacial score (nSPS) is 10.1. The number of carbonyl (C=O) groups is 1. The van der Waals surface area contributed by atoms with Gasteiger partial charge >= 0.3 is 0 Å². The Kier molecular flexibility index (Phi) is 4.84. The molecule has 0 unspecified atom stereocenters. The molecule has 104 valence electrons. The van der Waals surface area contributed by atoms with Gasteiger partial charge in [-0.1, -0.05) is 6.07 Å². The lowest BCUT2D eigenvalue weighted by molar-refractivity contribution is 0.102. The summed E-state index contributed by atoms with van der Waals surface area (Å²) in [5, 5.41) is 2.82. The number of anilines is 2. The molecule has 2 aromatic rings. The Morgan fingerprint density at radius 1 is 1.25 bits per heavy atom. The Bertz CT molecular complexity index is 612. The number of carbonyl (C=O) groups excluding carboxylic acids is 1. The van der Waals surface area contributed by atoms with E-state index in [0.29, 0.717) is 23.6 Å². The highest BCUT2D eigenvalue weighted by molar-refractivity contribution is 14.1. The second kappa shape index (κ2) is 6.60. The number of rotatable bonds is 4. The highest BCUT2D eigenvalue weighted by Gasteiger charge is 2.16. The van der Waals surface area contributed by atoms with Gasteiger partial charge in [0.05, 0.1) is 6.61 Å². The van der Waals surface area contributed by atoms with Crippen molar-refractivity contribution < 1.29 is 9.53 Å². The average molecular weight is 382 g/mol. The minimum Gasteiger partial charge on any atom is -0.493 e. The van der Waals surface area contributed by atoms with Gasteiger partial charge in [-0.05, 0) is 65.9 Å². The van der Waals surface area contributed by atoms with Gasteiger partial charge in [0.25, 0.3) is 5.91 Å². The number of nitrogens with two attached hydrogens (primary N) is 1. The molecule has 0 heterocycles. The van der Waals surface area contributed by atoms with Gasteiger partial charge in [-0.25, -0.2) is 0 Å². The van der Waals surface area contributed by atoms with Gasteiger partial charge in [0.2, 0.25) is 0 Å². The van der Waals surface area contributed by atoms with Crippen LogP contribution in [0.3, 0.4) is 0 Å². The average Bonchev–Trinajstić information content (AvgIpc) is 2.42. The number of hydrogen-bond acceptors (Lipinski definition) is 3. The van der Waals surface area contributed by atoms with Crippen molar-refractivity contribution in [3.05, 3.63) is 51.6 Å². The zero-order valence-electron chi connectivity index (χ0n) is 11.0. The number of nitrogen functional groups attached to an aromatic ring is 1. The van der Waals surface area contributed by atoms with Crippen molar-refractivity contribution >= 4 is 39.9 Å². The van der Waals surface area contributed by atoms with Gasteiger partial charge in [-0.3, -0.25) is 4.79 Å². The maximum atomic E-state index is 12.3. The fraction of sp³-hybridized carbons (Fsp3) is 0.133. The molecule has 3 N–H and O–H groups in total. The molecular formula is C15H15IN2O2. The van der Waals surface area contributed by atoms with Crippen LogP contribution in [0, 0.1) is 3.57 Å². The minimum absolute atomic E-state index is 0.271. The zero-order chi connectivity index (χ0) is 14.5. The smallest absolute Gasteiger partial charge is 0.261 e. The van der Waals surface area contributed by atoms with E-state index in [2.05, 4.69) is 27.9 Å². The summed E-state index contributed by atoms with van der Waals surface area (Å²) < 4.78 is 6.56. The third kappa shape index (κ3) is 3.41. The molecule has 0 atom stereocenters. The molecule has 5 heteroatoms. The number of halogens is 1. The van der Waals surface area contributed by atoms with E-state index < -0.39 is 0 Å². The van der Waals surface area contributed by atoms with Crippen molar-refractivity contribution in [3.63, 3.8) is 0 Å². The predicted octanol–water partition coefficient (Wildman–Crippen LogP) is 3.52. The van der Waals surface area contributed by atoms with E-state index in [0.717, 1.165) is 9.26 Å². The second-order valence-corrected chi connectivity index (χ2v) is 5.36. The first kappa shape index (κ1) is 14.6. The van der Waals surface area contributed by atoms with Gasteiger partial charge in [0.1, 0.15) is 11.3 Å². The summed E-state index contributed by atoms with van der Waals surface area (Å²) in [6.07, 6.45) is 0. The Balaban J connectivity index is 2.26. The Morgan fingerprint density at radius 3 is 2.60 bits per heavy atom. The van der Waals surface area contributed by atoms with E-state index in [4.69, 9.17) is 10.5 Å². The molecule has 0 aliphatic rings. The van der Waals surface area contributed by atoms with Crippen LogP contribution in [0.25, 0.3) is 0 Å². The van der Waals surface area contributed by atoms with E-state index in [9.17, 15) is 4.79 Å². The molecule has 1 amide bonds. The Labute approximate surface area is 131 Å². The molecule has 2 aromatic carbocycles. The van der Waals surface area contributed by atoms with Gasteiger partial charge in [0.15, 0.2) is 0 Å². The predicted molar refractivity (Wildman–Crippen MR) is 89.1 cm³/mol. The maximum Gasteiger partial charge on any atom is 0.261 e. The molecule has 0 fully saturated rings. The molecule has 20 heavy (non-hydrogen) atoms. The standard InChI is InChI=1S/C15H15IN2O2/c1-2-20-13-5-3-4-12(17)14(13)15(19)18-11-8-6-10(16)7-9-11/h3-9H,2,17H2,1H3,(H,18,19). The molecule has 2 rings (SSSR count). The first-order valence-electron chi connectivity index (χ1n) is 6.20. The summed E-state index contributed by atoms with van der Waals surface area (Å²) >= 11 is 2.21. The van der Waals surface area contributed by atoms with E-state index in [1.807, 2.05) is 31.2 Å². The van der Waals surface area contributed by atoms with E-state index in [1.165, 1.54) is 0 Å². The number of amides is 1. The number of hydrogen-bond donors (Lipinski definition) is 2. The molecule has 4 nitrogen and oxygen atoms in total. The van der Waals surface area contributed by atoms with Crippen molar-refractivity contribution in [2.24, 2.45) is 0 Å². The highest BCUT2D eigenvalue weighted by Crippen LogP contribution is 2.25. The van der Waals surface area contributed by atoms with Crippen molar-refractivity contribution in [2.75, 3.05) is 17.7 Å². The summed E-state index contributed by atoms with van der Waals surface area (Å²) in [6, 6.07) is 12.7. The van der Waals surface area contributed by atoms with Gasteiger partial charge in [-0.15, -0.1) is 0 Å². The van der Waals surface area contributed by atoms with Crippen molar-refractivity contribution in [1.82, 2.24) is 0 Å². The van der Waals surface area contributed by atoms with Crippen molar-refractivity contribution in [2.45, 2.75) is 6.92 Å². The lowest BCUT2D eigenvalue weighted by atomic mass is 10.1. The SMILES string of the molecule is CCOc1cccc(N)c1C(=O)Nc1ccc(I)cc1. The van der Waals surface area contributed by atoms with Crippen LogP contribution < -0.4 is 15.8 Å². The lowest BCUT2D eigenvalue weighted by Crippen LogP contribution is -2.15. The molecule has 0 aliphatic carbocycles. The molecule has 0 aromatic heterocycles. The largest absolute Gasteiger partial charge is 0.493 e. The molecule has 0 saturated heterocycles. The first-order chi connectivity index (χ1) is 9.61. The van der Waals surface area contributed by atoms with E-state index >= 15 is 0 Å². The molecule has 0 bridgehead atoms. The molecule has 0 radical (unpaired) electrons. The fourth-order valence-electron chi connectivity index (χ4n) is 1.79.